The van der Waals surface area contributed by atoms with Gasteiger partial charge in [-0.3, -0.25) is 0 Å². The Morgan fingerprint density at radius 1 is 1.42 bits per heavy atom. The van der Waals surface area contributed by atoms with Crippen LogP contribution < -0.4 is 0 Å². The van der Waals surface area contributed by atoms with E-state index >= 15 is 0 Å². The van der Waals surface area contributed by atoms with Gasteiger partial charge in [0.15, 0.2) is 5.69 Å². The van der Waals surface area contributed by atoms with Crippen molar-refractivity contribution >= 4 is 17.3 Å². The number of hydrogen-bond acceptors (Lipinski definition) is 5. The summed E-state index contributed by atoms with van der Waals surface area (Å²) in [6.45, 7) is 10.8. The van der Waals surface area contributed by atoms with Gasteiger partial charge >= 0.3 is 5.97 Å². The minimum Gasteiger partial charge on any atom is -0.476 e. The fourth-order valence-corrected chi connectivity index (χ4v) is 3.21. The summed E-state index contributed by atoms with van der Waals surface area (Å²) in [5, 5.41) is 11.4. The van der Waals surface area contributed by atoms with Crippen LogP contribution in [0.1, 0.15) is 35.3 Å². The number of likely N-dealkylation sites (N-methyl/N-ethyl adjacent to an activating group) is 1. The molecule has 0 spiro atoms. The number of thiazole rings is 1. The molecular weight excluding hydrogens is 262 g/mol. The molecule has 0 aliphatic carbocycles. The second-order valence-corrected chi connectivity index (χ2v) is 5.90. The van der Waals surface area contributed by atoms with Crippen molar-refractivity contribution in [1.29, 1.82) is 0 Å². The number of carboxylic acids is 1. The predicted molar refractivity (Wildman–Crippen MR) is 76.0 cm³/mol. The van der Waals surface area contributed by atoms with E-state index in [1.54, 1.807) is 5.38 Å². The smallest absolute Gasteiger partial charge is 0.355 e. The first-order valence-corrected chi connectivity index (χ1v) is 7.61. The fraction of sp³-hybridized carbons (Fsp3) is 0.692. The maximum atomic E-state index is 10.8. The molecule has 0 radical (unpaired) electrons. The predicted octanol–water partition coefficient (Wildman–Crippen LogP) is 1.58. The van der Waals surface area contributed by atoms with Crippen molar-refractivity contribution in [2.75, 3.05) is 39.3 Å². The summed E-state index contributed by atoms with van der Waals surface area (Å²) in [5.74, 6) is -0.641. The number of nitrogens with zero attached hydrogens (tertiary/aromatic N) is 3. The van der Waals surface area contributed by atoms with Crippen LogP contribution in [0.4, 0.5) is 0 Å². The molecule has 106 valence electrons. The maximum absolute atomic E-state index is 10.8. The first-order valence-electron chi connectivity index (χ1n) is 6.73. The molecule has 0 bridgehead atoms. The second kappa shape index (κ2) is 6.45. The molecular formula is C13H21N3O2S. The van der Waals surface area contributed by atoms with Gasteiger partial charge in [-0.1, -0.05) is 13.8 Å². The van der Waals surface area contributed by atoms with Gasteiger partial charge in [-0.05, 0) is 6.54 Å². The molecule has 19 heavy (non-hydrogen) atoms. The van der Waals surface area contributed by atoms with Gasteiger partial charge in [0, 0.05) is 44.0 Å². The summed E-state index contributed by atoms with van der Waals surface area (Å²) < 4.78 is 0. The van der Waals surface area contributed by atoms with Gasteiger partial charge < -0.3 is 14.9 Å². The highest BCUT2D eigenvalue weighted by molar-refractivity contribution is 7.09. The van der Waals surface area contributed by atoms with Crippen LogP contribution in [0.15, 0.2) is 5.38 Å². The van der Waals surface area contributed by atoms with Gasteiger partial charge in [0.1, 0.15) is 0 Å². The molecule has 6 heteroatoms. The van der Waals surface area contributed by atoms with E-state index < -0.39 is 5.97 Å². The Morgan fingerprint density at radius 2 is 2.05 bits per heavy atom. The Labute approximate surface area is 117 Å². The fourth-order valence-electron chi connectivity index (χ4n) is 2.37. The van der Waals surface area contributed by atoms with Gasteiger partial charge in [0.05, 0.1) is 5.01 Å². The first-order chi connectivity index (χ1) is 9.10. The monoisotopic (exact) mass is 283 g/mol. The molecule has 0 saturated carbocycles. The molecule has 1 aliphatic rings. The Kier molecular flexibility index (Phi) is 4.90. The van der Waals surface area contributed by atoms with Crippen LogP contribution in [0, 0.1) is 0 Å². The molecule has 1 fully saturated rings. The third-order valence-corrected chi connectivity index (χ3v) is 4.68. The van der Waals surface area contributed by atoms with Crippen molar-refractivity contribution < 1.29 is 9.90 Å². The van der Waals surface area contributed by atoms with Crippen LogP contribution in [0.25, 0.3) is 0 Å². The Morgan fingerprint density at radius 3 is 2.58 bits per heavy atom. The number of carboxylic acid groups (broad SMARTS) is 1. The van der Waals surface area contributed by atoms with E-state index in [1.165, 1.54) is 11.3 Å². The van der Waals surface area contributed by atoms with Crippen molar-refractivity contribution in [2.45, 2.75) is 19.8 Å². The number of aromatic nitrogens is 1. The van der Waals surface area contributed by atoms with Crippen LogP contribution >= 0.6 is 11.3 Å². The zero-order chi connectivity index (χ0) is 13.8. The van der Waals surface area contributed by atoms with E-state index in [1.807, 2.05) is 0 Å². The lowest BCUT2D eigenvalue weighted by atomic mass is 10.1. The average molecular weight is 283 g/mol. The molecule has 1 unspecified atom stereocenters. The van der Waals surface area contributed by atoms with Gasteiger partial charge in [-0.2, -0.15) is 0 Å². The zero-order valence-corrected chi connectivity index (χ0v) is 12.3. The average Bonchev–Trinajstić information content (AvgIpc) is 2.89. The van der Waals surface area contributed by atoms with Crippen molar-refractivity contribution in [1.82, 2.24) is 14.8 Å². The SMILES string of the molecule is CCN1CCN(CC(C)c2nc(C(=O)O)cs2)CC1. The van der Waals surface area contributed by atoms with Gasteiger partial charge in [-0.15, -0.1) is 11.3 Å². The number of rotatable bonds is 5. The Hall–Kier alpha value is -0.980. The summed E-state index contributed by atoms with van der Waals surface area (Å²) in [6, 6.07) is 0. The van der Waals surface area contributed by atoms with E-state index in [4.69, 9.17) is 5.11 Å². The van der Waals surface area contributed by atoms with E-state index in [-0.39, 0.29) is 5.69 Å². The number of carbonyl (C=O) groups is 1. The first kappa shape index (κ1) is 14.4. The normalized spacial score (nSPS) is 19.5. The summed E-state index contributed by atoms with van der Waals surface area (Å²) in [6.07, 6.45) is 0. The molecule has 1 saturated heterocycles. The van der Waals surface area contributed by atoms with Crippen LogP contribution in [0.3, 0.4) is 0 Å². The lowest BCUT2D eigenvalue weighted by Crippen LogP contribution is -2.47. The van der Waals surface area contributed by atoms with E-state index in [9.17, 15) is 4.79 Å². The topological polar surface area (TPSA) is 56.7 Å². The lowest BCUT2D eigenvalue weighted by Gasteiger charge is -2.35. The summed E-state index contributed by atoms with van der Waals surface area (Å²) >= 11 is 1.45. The largest absolute Gasteiger partial charge is 0.476 e. The van der Waals surface area contributed by atoms with E-state index in [0.29, 0.717) is 5.92 Å². The van der Waals surface area contributed by atoms with E-state index in [2.05, 4.69) is 28.6 Å². The Bertz CT molecular complexity index is 427. The molecule has 1 N–H and O–H groups in total. The lowest BCUT2D eigenvalue weighted by molar-refractivity contribution is 0.0691. The van der Waals surface area contributed by atoms with Crippen LogP contribution in [-0.4, -0.2) is 65.1 Å². The second-order valence-electron chi connectivity index (χ2n) is 5.01. The van der Waals surface area contributed by atoms with Gasteiger partial charge in [0.2, 0.25) is 0 Å². The van der Waals surface area contributed by atoms with Crippen molar-refractivity contribution in [2.24, 2.45) is 0 Å². The zero-order valence-electron chi connectivity index (χ0n) is 11.5. The van der Waals surface area contributed by atoms with Crippen LogP contribution in [0.5, 0.6) is 0 Å². The highest BCUT2D eigenvalue weighted by Crippen LogP contribution is 2.21. The highest BCUT2D eigenvalue weighted by atomic mass is 32.1. The number of piperazine rings is 1. The summed E-state index contributed by atoms with van der Waals surface area (Å²) in [5.41, 5.74) is 0.169. The third kappa shape index (κ3) is 3.75. The van der Waals surface area contributed by atoms with Gasteiger partial charge in [0.25, 0.3) is 0 Å². The molecule has 2 heterocycles. The molecule has 1 atom stereocenters. The molecule has 1 aromatic rings. The molecule has 5 nitrogen and oxygen atoms in total. The van der Waals surface area contributed by atoms with Crippen LogP contribution in [-0.2, 0) is 0 Å². The Balaban J connectivity index is 1.86. The number of hydrogen-bond donors (Lipinski definition) is 1. The molecule has 0 amide bonds. The molecule has 2 rings (SSSR count). The van der Waals surface area contributed by atoms with Crippen molar-refractivity contribution in [3.63, 3.8) is 0 Å². The van der Waals surface area contributed by atoms with Crippen molar-refractivity contribution in [3.8, 4) is 0 Å². The van der Waals surface area contributed by atoms with Crippen LogP contribution in [0.2, 0.25) is 0 Å². The summed E-state index contributed by atoms with van der Waals surface area (Å²) in [7, 11) is 0. The quantitative estimate of drug-likeness (QED) is 0.889. The highest BCUT2D eigenvalue weighted by Gasteiger charge is 2.20. The van der Waals surface area contributed by atoms with Crippen molar-refractivity contribution in [3.05, 3.63) is 16.1 Å². The minimum absolute atomic E-state index is 0.169. The third-order valence-electron chi connectivity index (χ3n) is 3.61. The van der Waals surface area contributed by atoms with E-state index in [0.717, 1.165) is 44.3 Å². The minimum atomic E-state index is -0.939. The number of aromatic carboxylic acids is 1. The summed E-state index contributed by atoms with van der Waals surface area (Å²) in [4.78, 5) is 19.9. The molecule has 1 aromatic heterocycles. The molecule has 0 aromatic carbocycles. The molecule has 1 aliphatic heterocycles. The standard InChI is InChI=1S/C13H21N3O2S/c1-3-15-4-6-16(7-5-15)8-10(2)12-14-11(9-19-12)13(17)18/h9-10H,3-8H2,1-2H3,(H,17,18). The maximum Gasteiger partial charge on any atom is 0.355 e. The van der Waals surface area contributed by atoms with Gasteiger partial charge in [-0.25, -0.2) is 9.78 Å².